The monoisotopic (exact) mass is 528 g/mol. The van der Waals surface area contributed by atoms with Gasteiger partial charge in [0.25, 0.3) is 5.91 Å². The molecule has 5 rings (SSSR count). The fourth-order valence-corrected chi connectivity index (χ4v) is 5.09. The maximum atomic E-state index is 11.9. The highest BCUT2D eigenvalue weighted by Gasteiger charge is 2.22. The lowest BCUT2D eigenvalue weighted by Gasteiger charge is -2.22. The molecule has 1 amide bonds. The van der Waals surface area contributed by atoms with Gasteiger partial charge >= 0.3 is 6.01 Å². The van der Waals surface area contributed by atoms with Crippen molar-refractivity contribution in [3.63, 3.8) is 0 Å². The maximum Gasteiger partial charge on any atom is 0.318 e. The highest BCUT2D eigenvalue weighted by atomic mass is 35.5. The number of ether oxygens (including phenoxy) is 3. The highest BCUT2D eigenvalue weighted by Crippen LogP contribution is 2.39. The molecule has 12 heteroatoms. The van der Waals surface area contributed by atoms with E-state index in [-0.39, 0.29) is 29.5 Å². The Morgan fingerprint density at radius 3 is 2.94 bits per heavy atom. The summed E-state index contributed by atoms with van der Waals surface area (Å²) in [5.74, 6) is -0.625. The number of fused-ring (bicyclic) bond motifs is 1. The van der Waals surface area contributed by atoms with Crippen LogP contribution in [0.25, 0.3) is 21.5 Å². The number of thiophene rings is 1. The zero-order valence-electron chi connectivity index (χ0n) is 19.4. The molecule has 0 aliphatic carbocycles. The van der Waals surface area contributed by atoms with Gasteiger partial charge in [-0.05, 0) is 37.5 Å². The number of primary amides is 1. The van der Waals surface area contributed by atoms with Crippen LogP contribution in [0.5, 0.6) is 6.01 Å². The molecule has 10 nitrogen and oxygen atoms in total. The van der Waals surface area contributed by atoms with Crippen molar-refractivity contribution in [2.24, 2.45) is 5.73 Å². The third-order valence-corrected chi connectivity index (χ3v) is 7.05. The van der Waals surface area contributed by atoms with Gasteiger partial charge in [-0.3, -0.25) is 9.48 Å². The Hall–Kier alpha value is -3.25. The van der Waals surface area contributed by atoms with Crippen LogP contribution in [0.1, 0.15) is 34.6 Å². The number of halogens is 1. The minimum atomic E-state index is -0.625. The minimum Gasteiger partial charge on any atom is -0.457 e. The van der Waals surface area contributed by atoms with Crippen LogP contribution < -0.4 is 16.2 Å². The molecule has 1 atom stereocenters. The van der Waals surface area contributed by atoms with Crippen molar-refractivity contribution in [2.45, 2.75) is 38.7 Å². The summed E-state index contributed by atoms with van der Waals surface area (Å²) in [7, 11) is 0. The summed E-state index contributed by atoms with van der Waals surface area (Å²) in [6, 6.07) is 9.16. The van der Waals surface area contributed by atoms with Crippen LogP contribution >= 0.6 is 22.9 Å². The Kier molecular flexibility index (Phi) is 7.33. The maximum absolute atomic E-state index is 11.9. The van der Waals surface area contributed by atoms with E-state index in [1.54, 1.807) is 22.9 Å². The molecule has 0 spiro atoms. The first kappa shape index (κ1) is 24.4. The summed E-state index contributed by atoms with van der Waals surface area (Å²) in [5.41, 5.74) is 13.9. The minimum absolute atomic E-state index is 0.126. The fraction of sp³-hybridized carbons (Fsp3) is 0.333. The molecule has 1 unspecified atom stereocenters. The molecule has 1 aliphatic heterocycles. The van der Waals surface area contributed by atoms with Gasteiger partial charge in [0.2, 0.25) is 0 Å². The van der Waals surface area contributed by atoms with Crippen LogP contribution in [0.4, 0.5) is 5.69 Å². The van der Waals surface area contributed by atoms with Crippen molar-refractivity contribution >= 4 is 44.7 Å². The van der Waals surface area contributed by atoms with E-state index < -0.39 is 5.91 Å². The lowest BCUT2D eigenvalue weighted by molar-refractivity contribution is -0.163. The first-order valence-electron chi connectivity index (χ1n) is 11.5. The first-order chi connectivity index (χ1) is 17.5. The Bertz CT molecular complexity index is 1380. The van der Waals surface area contributed by atoms with E-state index in [4.69, 9.17) is 37.3 Å². The average molecular weight is 529 g/mol. The number of benzene rings is 1. The van der Waals surface area contributed by atoms with Crippen molar-refractivity contribution in [3.8, 4) is 17.3 Å². The second-order valence-corrected chi connectivity index (χ2v) is 9.72. The molecule has 0 radical (unpaired) electrons. The first-order valence-corrected chi connectivity index (χ1v) is 12.7. The molecule has 4 aromatic rings. The molecule has 0 bridgehead atoms. The molecule has 1 aliphatic rings. The second kappa shape index (κ2) is 10.8. The van der Waals surface area contributed by atoms with Gasteiger partial charge in [-0.25, -0.2) is 0 Å². The third-order valence-electron chi connectivity index (χ3n) is 5.70. The lowest BCUT2D eigenvalue weighted by atomic mass is 10.1. The lowest BCUT2D eigenvalue weighted by Crippen LogP contribution is -2.24. The predicted molar refractivity (Wildman–Crippen MR) is 137 cm³/mol. The Balaban J connectivity index is 1.32. The van der Waals surface area contributed by atoms with Gasteiger partial charge < -0.3 is 25.7 Å². The van der Waals surface area contributed by atoms with E-state index in [1.165, 1.54) is 0 Å². The number of aromatic nitrogens is 4. The normalized spacial score (nSPS) is 15.9. The van der Waals surface area contributed by atoms with Crippen LogP contribution in [0.2, 0.25) is 5.02 Å². The number of amides is 1. The summed E-state index contributed by atoms with van der Waals surface area (Å²) < 4.78 is 19.0. The van der Waals surface area contributed by atoms with Crippen LogP contribution in [0.3, 0.4) is 0 Å². The summed E-state index contributed by atoms with van der Waals surface area (Å²) in [6.45, 7) is 2.02. The van der Waals surface area contributed by atoms with E-state index in [2.05, 4.69) is 15.1 Å². The Morgan fingerprint density at radius 2 is 2.17 bits per heavy atom. The van der Waals surface area contributed by atoms with Crippen molar-refractivity contribution in [1.29, 1.82) is 0 Å². The van der Waals surface area contributed by atoms with Gasteiger partial charge in [-0.1, -0.05) is 23.7 Å². The molecule has 4 N–H and O–H groups in total. The summed E-state index contributed by atoms with van der Waals surface area (Å²) in [5, 5.41) is 5.60. The van der Waals surface area contributed by atoms with Gasteiger partial charge in [0, 0.05) is 23.4 Å². The van der Waals surface area contributed by atoms with E-state index in [9.17, 15) is 4.79 Å². The number of hydrogen-bond acceptors (Lipinski definition) is 9. The molecule has 3 aromatic heterocycles. The highest BCUT2D eigenvalue weighted by molar-refractivity contribution is 7.21. The smallest absolute Gasteiger partial charge is 0.318 e. The molecule has 188 valence electrons. The molecule has 1 saturated heterocycles. The van der Waals surface area contributed by atoms with Crippen molar-refractivity contribution in [2.75, 3.05) is 18.9 Å². The van der Waals surface area contributed by atoms with Gasteiger partial charge in [0.15, 0.2) is 6.29 Å². The largest absolute Gasteiger partial charge is 0.457 e. The van der Waals surface area contributed by atoms with Crippen molar-refractivity contribution in [3.05, 3.63) is 52.1 Å². The van der Waals surface area contributed by atoms with E-state index in [0.29, 0.717) is 45.3 Å². The van der Waals surface area contributed by atoms with Crippen LogP contribution in [-0.4, -0.2) is 45.2 Å². The molecule has 1 aromatic carbocycles. The van der Waals surface area contributed by atoms with Crippen molar-refractivity contribution < 1.29 is 19.0 Å². The zero-order valence-corrected chi connectivity index (χ0v) is 20.9. The van der Waals surface area contributed by atoms with E-state index in [0.717, 1.165) is 37.2 Å². The molecular weight excluding hydrogens is 504 g/mol. The Morgan fingerprint density at radius 1 is 1.28 bits per heavy atom. The predicted octanol–water partition coefficient (Wildman–Crippen LogP) is 4.01. The summed E-state index contributed by atoms with van der Waals surface area (Å²) in [6.07, 6.45) is 4.88. The van der Waals surface area contributed by atoms with Gasteiger partial charge in [0.05, 0.1) is 35.6 Å². The van der Waals surface area contributed by atoms with Gasteiger partial charge in [0.1, 0.15) is 16.3 Å². The van der Waals surface area contributed by atoms with Crippen molar-refractivity contribution in [1.82, 2.24) is 19.7 Å². The second-order valence-electron chi connectivity index (χ2n) is 8.28. The van der Waals surface area contributed by atoms with E-state index in [1.807, 2.05) is 18.3 Å². The summed E-state index contributed by atoms with van der Waals surface area (Å²) in [4.78, 5) is 21.6. The number of hydrogen-bond donors (Lipinski definition) is 2. The van der Waals surface area contributed by atoms with Crippen LogP contribution in [0.15, 0.2) is 36.5 Å². The molecular formula is C24H25ClN6O4S. The summed E-state index contributed by atoms with van der Waals surface area (Å²) >= 11 is 7.30. The van der Waals surface area contributed by atoms with Crippen LogP contribution in [-0.2, 0) is 22.6 Å². The number of carbonyl (C=O) groups is 1. The van der Waals surface area contributed by atoms with Crippen LogP contribution in [0, 0.1) is 0 Å². The third kappa shape index (κ3) is 5.44. The topological polar surface area (TPSA) is 140 Å². The molecule has 1 fully saturated rings. The SMILES string of the molecule is NC(=O)c1sc2nc(OCc3ccn(CCOC4CCCCO4)n3)nc(-c3cccc(Cl)c3)c2c1N. The number of nitrogens with two attached hydrogens (primary N) is 2. The molecule has 36 heavy (non-hydrogen) atoms. The van der Waals surface area contributed by atoms with Gasteiger partial charge in [-0.15, -0.1) is 11.3 Å². The van der Waals surface area contributed by atoms with E-state index >= 15 is 0 Å². The number of nitrogen functional groups attached to an aromatic ring is 1. The number of nitrogens with zero attached hydrogens (tertiary/aromatic N) is 4. The number of carbonyl (C=O) groups excluding carboxylic acids is 1. The quantitative estimate of drug-likeness (QED) is 0.332. The zero-order chi connectivity index (χ0) is 25.1. The fourth-order valence-electron chi connectivity index (χ4n) is 3.96. The molecule has 4 heterocycles. The molecule has 0 saturated carbocycles. The van der Waals surface area contributed by atoms with Gasteiger partial charge in [-0.2, -0.15) is 15.1 Å². The standard InChI is InChI=1S/C24H25ClN6O4S/c25-15-5-3-4-14(12-15)20-18-19(26)21(22(27)32)36-23(18)29-24(28-20)35-13-16-7-8-31(30-16)9-11-34-17-6-1-2-10-33-17/h3-5,7-8,12,17H,1-2,6,9-11,13,26H2,(H2,27,32). The Labute approximate surface area is 216 Å². The number of anilines is 1. The number of rotatable bonds is 9. The average Bonchev–Trinajstić information content (AvgIpc) is 3.47.